The van der Waals surface area contributed by atoms with Crippen LogP contribution in [0, 0.1) is 12.7 Å². The second kappa shape index (κ2) is 7.77. The number of carbonyl (C=O) groups excluding carboxylic acids is 2. The molecule has 1 aromatic carbocycles. The molecule has 122 valence electrons. The molecule has 0 saturated heterocycles. The second-order valence-electron chi connectivity index (χ2n) is 4.82. The van der Waals surface area contributed by atoms with E-state index < -0.39 is 11.1 Å². The van der Waals surface area contributed by atoms with E-state index in [0.29, 0.717) is 17.3 Å². The van der Waals surface area contributed by atoms with Gasteiger partial charge in [0.1, 0.15) is 11.6 Å². The smallest absolute Gasteiger partial charge is 0.238 e. The number of halogens is 1. The van der Waals surface area contributed by atoms with Crippen LogP contribution in [0.1, 0.15) is 12.7 Å². The van der Waals surface area contributed by atoms with Gasteiger partial charge in [-0.1, -0.05) is 11.2 Å². The minimum Gasteiger partial charge on any atom is -0.360 e. The van der Waals surface area contributed by atoms with Crippen LogP contribution in [0.25, 0.3) is 0 Å². The molecule has 0 spiro atoms. The van der Waals surface area contributed by atoms with Crippen molar-refractivity contribution in [2.45, 2.75) is 19.1 Å². The van der Waals surface area contributed by atoms with Gasteiger partial charge in [0.25, 0.3) is 0 Å². The number of hydrogen-bond acceptors (Lipinski definition) is 5. The summed E-state index contributed by atoms with van der Waals surface area (Å²) in [7, 11) is 0. The zero-order valence-corrected chi connectivity index (χ0v) is 13.4. The van der Waals surface area contributed by atoms with Gasteiger partial charge in [-0.25, -0.2) is 4.39 Å². The van der Waals surface area contributed by atoms with Crippen LogP contribution in [0.5, 0.6) is 0 Å². The van der Waals surface area contributed by atoms with E-state index in [0.717, 1.165) is 0 Å². The van der Waals surface area contributed by atoms with Gasteiger partial charge < -0.3 is 15.2 Å². The third-order valence-corrected chi connectivity index (χ3v) is 3.96. The van der Waals surface area contributed by atoms with Gasteiger partial charge in [-0.05, 0) is 32.0 Å². The Bertz CT molecular complexity index is 705. The summed E-state index contributed by atoms with van der Waals surface area (Å²) in [5, 5.41) is 8.38. The van der Waals surface area contributed by atoms with Crippen molar-refractivity contribution >= 4 is 35.1 Å². The molecule has 2 aromatic rings. The van der Waals surface area contributed by atoms with Crippen LogP contribution in [-0.4, -0.2) is 28.0 Å². The lowest BCUT2D eigenvalue weighted by Crippen LogP contribution is -2.25. The van der Waals surface area contributed by atoms with E-state index in [-0.39, 0.29) is 17.6 Å². The van der Waals surface area contributed by atoms with Crippen molar-refractivity contribution < 1.29 is 18.5 Å². The Morgan fingerprint density at radius 1 is 1.35 bits per heavy atom. The van der Waals surface area contributed by atoms with Crippen LogP contribution in [0.3, 0.4) is 0 Å². The second-order valence-corrected chi connectivity index (χ2v) is 6.15. The maximum Gasteiger partial charge on any atom is 0.238 e. The zero-order chi connectivity index (χ0) is 16.8. The minimum atomic E-state index is -0.453. The maximum atomic E-state index is 13.0. The first-order valence-electron chi connectivity index (χ1n) is 6.85. The maximum absolute atomic E-state index is 13.0. The molecule has 0 radical (unpaired) electrons. The molecule has 1 atom stereocenters. The van der Waals surface area contributed by atoms with Crippen LogP contribution >= 0.6 is 11.8 Å². The topological polar surface area (TPSA) is 84.2 Å². The summed E-state index contributed by atoms with van der Waals surface area (Å²) in [5.74, 6) is -0.00659. The van der Waals surface area contributed by atoms with Crippen molar-refractivity contribution in [1.29, 1.82) is 0 Å². The molecule has 1 aromatic heterocycles. The van der Waals surface area contributed by atoms with E-state index in [1.54, 1.807) is 26.0 Å². The first-order valence-corrected chi connectivity index (χ1v) is 7.90. The predicted octanol–water partition coefficient (Wildman–Crippen LogP) is 2.82. The summed E-state index contributed by atoms with van der Waals surface area (Å²) in [4.78, 5) is 23.7. The van der Waals surface area contributed by atoms with Gasteiger partial charge in [0, 0.05) is 11.8 Å². The lowest BCUT2D eigenvalue weighted by Gasteiger charge is -2.10. The molecule has 0 aliphatic rings. The van der Waals surface area contributed by atoms with Gasteiger partial charge in [-0.3, -0.25) is 9.59 Å². The molecule has 2 rings (SSSR count). The predicted molar refractivity (Wildman–Crippen MR) is 86.8 cm³/mol. The van der Waals surface area contributed by atoms with E-state index in [1.807, 2.05) is 0 Å². The highest BCUT2D eigenvalue weighted by Gasteiger charge is 2.16. The Hall–Kier alpha value is -2.35. The number of benzene rings is 1. The van der Waals surface area contributed by atoms with Crippen molar-refractivity contribution in [2.24, 2.45) is 0 Å². The van der Waals surface area contributed by atoms with E-state index in [4.69, 9.17) is 4.52 Å². The van der Waals surface area contributed by atoms with Gasteiger partial charge >= 0.3 is 0 Å². The summed E-state index contributed by atoms with van der Waals surface area (Å²) in [6.45, 7) is 3.40. The van der Waals surface area contributed by atoms with Crippen molar-refractivity contribution in [1.82, 2.24) is 5.16 Å². The Morgan fingerprint density at radius 2 is 2.13 bits per heavy atom. The van der Waals surface area contributed by atoms with Crippen LogP contribution < -0.4 is 10.6 Å². The molecule has 0 unspecified atom stereocenters. The first-order chi connectivity index (χ1) is 10.9. The van der Waals surface area contributed by atoms with Crippen LogP contribution in [0.4, 0.5) is 15.9 Å². The number of amides is 2. The molecule has 0 aliphatic heterocycles. The molecule has 0 aliphatic carbocycles. The highest BCUT2D eigenvalue weighted by atomic mass is 32.2. The van der Waals surface area contributed by atoms with Gasteiger partial charge in [-0.2, -0.15) is 0 Å². The molecular weight excluding hydrogens is 321 g/mol. The molecule has 23 heavy (non-hydrogen) atoms. The van der Waals surface area contributed by atoms with Crippen molar-refractivity contribution in [3.05, 3.63) is 41.9 Å². The fourth-order valence-electron chi connectivity index (χ4n) is 1.69. The molecular formula is C15H16FN3O3S. The zero-order valence-electron chi connectivity index (χ0n) is 12.6. The number of rotatable bonds is 6. The number of nitrogens with one attached hydrogen (secondary N) is 2. The largest absolute Gasteiger partial charge is 0.360 e. The molecule has 0 saturated carbocycles. The number of carbonyl (C=O) groups is 2. The third-order valence-electron chi connectivity index (χ3n) is 2.82. The fraction of sp³-hybridized carbons (Fsp3) is 0.267. The first kappa shape index (κ1) is 17.0. The van der Waals surface area contributed by atoms with Gasteiger partial charge in [-0.15, -0.1) is 11.8 Å². The van der Waals surface area contributed by atoms with Gasteiger partial charge in [0.15, 0.2) is 5.82 Å². The average Bonchev–Trinajstić information content (AvgIpc) is 2.90. The monoisotopic (exact) mass is 337 g/mol. The number of hydrogen-bond donors (Lipinski definition) is 2. The number of anilines is 2. The summed E-state index contributed by atoms with van der Waals surface area (Å²) in [6.07, 6.45) is 0. The Morgan fingerprint density at radius 3 is 2.78 bits per heavy atom. The molecule has 2 N–H and O–H groups in total. The van der Waals surface area contributed by atoms with E-state index in [1.165, 1.54) is 30.0 Å². The van der Waals surface area contributed by atoms with E-state index in [9.17, 15) is 14.0 Å². The van der Waals surface area contributed by atoms with Gasteiger partial charge in [0.2, 0.25) is 11.8 Å². The van der Waals surface area contributed by atoms with Gasteiger partial charge in [0.05, 0.1) is 11.0 Å². The highest BCUT2D eigenvalue weighted by Crippen LogP contribution is 2.15. The van der Waals surface area contributed by atoms with E-state index >= 15 is 0 Å². The van der Waals surface area contributed by atoms with Crippen molar-refractivity contribution in [2.75, 3.05) is 16.4 Å². The average molecular weight is 337 g/mol. The Labute approximate surface area is 136 Å². The number of aryl methyl sites for hydroxylation is 1. The normalized spacial score (nSPS) is 11.8. The minimum absolute atomic E-state index is 0.0724. The molecule has 2 amide bonds. The highest BCUT2D eigenvalue weighted by molar-refractivity contribution is 8.01. The molecule has 0 fully saturated rings. The quantitative estimate of drug-likeness (QED) is 0.847. The summed E-state index contributed by atoms with van der Waals surface area (Å²) < 4.78 is 17.9. The Balaban J connectivity index is 1.77. The summed E-state index contributed by atoms with van der Waals surface area (Å²) >= 11 is 1.17. The lowest BCUT2D eigenvalue weighted by atomic mass is 10.3. The van der Waals surface area contributed by atoms with Crippen molar-refractivity contribution in [3.8, 4) is 0 Å². The molecule has 0 bridgehead atoms. The summed E-state index contributed by atoms with van der Waals surface area (Å²) in [5.41, 5.74) is 0.380. The lowest BCUT2D eigenvalue weighted by molar-refractivity contribution is -0.115. The van der Waals surface area contributed by atoms with E-state index in [2.05, 4.69) is 15.8 Å². The fourth-order valence-corrected chi connectivity index (χ4v) is 2.38. The van der Waals surface area contributed by atoms with Crippen LogP contribution in [0.2, 0.25) is 0 Å². The standard InChI is InChI=1S/C15H16FN3O3S/c1-9-6-13(19-22-9)18-15(21)10(2)23-8-14(20)17-12-5-3-4-11(16)7-12/h3-7,10H,8H2,1-2H3,(H,17,20)(H,18,19,21)/t10-/m1/s1. The van der Waals surface area contributed by atoms with Crippen molar-refractivity contribution in [3.63, 3.8) is 0 Å². The number of nitrogens with zero attached hydrogens (tertiary/aromatic N) is 1. The number of aromatic nitrogens is 1. The third kappa shape index (κ3) is 5.41. The molecule has 6 nitrogen and oxygen atoms in total. The molecule has 8 heteroatoms. The SMILES string of the molecule is Cc1cc(NC(=O)[C@@H](C)SCC(=O)Nc2cccc(F)c2)no1. The number of thioether (sulfide) groups is 1. The van der Waals surface area contributed by atoms with Crippen LogP contribution in [0.15, 0.2) is 34.9 Å². The molecule has 1 heterocycles. The summed E-state index contributed by atoms with van der Waals surface area (Å²) in [6, 6.07) is 7.22. The Kier molecular flexibility index (Phi) is 5.75. The van der Waals surface area contributed by atoms with Crippen LogP contribution in [-0.2, 0) is 9.59 Å².